The summed E-state index contributed by atoms with van der Waals surface area (Å²) in [4.78, 5) is 29.6. The van der Waals surface area contributed by atoms with E-state index in [9.17, 15) is 9.59 Å². The van der Waals surface area contributed by atoms with Gasteiger partial charge in [0.1, 0.15) is 17.6 Å². The molecule has 4 rings (SSSR count). The second-order valence-corrected chi connectivity index (χ2v) is 6.74. The Bertz CT molecular complexity index is 921. The average molecular weight is 341 g/mol. The van der Waals surface area contributed by atoms with Gasteiger partial charge in [0.05, 0.1) is 16.8 Å². The summed E-state index contributed by atoms with van der Waals surface area (Å²) in [5.74, 6) is 1.49. The maximum atomic E-state index is 12.6. The van der Waals surface area contributed by atoms with E-state index in [-0.39, 0.29) is 17.7 Å². The molecule has 1 atom stereocenters. The third kappa shape index (κ3) is 2.56. The van der Waals surface area contributed by atoms with E-state index in [2.05, 4.69) is 10.3 Å². The quantitative estimate of drug-likeness (QED) is 0.788. The first-order chi connectivity index (χ1) is 11.6. The summed E-state index contributed by atoms with van der Waals surface area (Å²) in [6.07, 6.45) is 4.35. The summed E-state index contributed by atoms with van der Waals surface area (Å²) in [5.41, 5.74) is 0.590. The van der Waals surface area contributed by atoms with Crippen LogP contribution in [0.3, 0.4) is 0 Å². The predicted octanol–water partition coefficient (Wildman–Crippen LogP) is 3.67. The van der Waals surface area contributed by atoms with Gasteiger partial charge in [-0.05, 0) is 37.6 Å². The summed E-state index contributed by atoms with van der Waals surface area (Å²) >= 11 is 1.36. The van der Waals surface area contributed by atoms with E-state index in [4.69, 9.17) is 4.42 Å². The van der Waals surface area contributed by atoms with Crippen molar-refractivity contribution in [1.82, 2.24) is 9.55 Å². The Balaban J connectivity index is 1.52. The van der Waals surface area contributed by atoms with Gasteiger partial charge in [-0.2, -0.15) is 0 Å². The smallest absolute Gasteiger partial charge is 0.249 e. The van der Waals surface area contributed by atoms with Crippen molar-refractivity contribution in [2.75, 3.05) is 5.32 Å². The van der Waals surface area contributed by atoms with Crippen molar-refractivity contribution in [1.29, 1.82) is 0 Å². The molecule has 0 aromatic carbocycles. The standard InChI is InChI=1S/C17H15N3O3S/c1-10-4-7-14(23-10)15-9-18-17(24-15)19-16(22)12-5-6-13(21)11-3-2-8-20(11)12/h2-4,7-9,12H,5-6H2,1H3,(H,18,19,22). The maximum Gasteiger partial charge on any atom is 0.249 e. The lowest BCUT2D eigenvalue weighted by Crippen LogP contribution is -2.31. The topological polar surface area (TPSA) is 77.1 Å². The fraction of sp³-hybridized carbons (Fsp3) is 0.235. The Labute approximate surface area is 142 Å². The molecule has 3 aromatic rings. The van der Waals surface area contributed by atoms with Crippen molar-refractivity contribution >= 4 is 28.2 Å². The van der Waals surface area contributed by atoms with Crippen LogP contribution in [0.2, 0.25) is 0 Å². The van der Waals surface area contributed by atoms with Crippen LogP contribution in [-0.2, 0) is 4.79 Å². The average Bonchev–Trinajstić information content (AvgIpc) is 3.27. The van der Waals surface area contributed by atoms with Crippen LogP contribution in [-0.4, -0.2) is 21.2 Å². The fourth-order valence-corrected chi connectivity index (χ4v) is 3.68. The highest BCUT2D eigenvalue weighted by Crippen LogP contribution is 2.32. The second kappa shape index (κ2) is 5.76. The summed E-state index contributed by atoms with van der Waals surface area (Å²) in [6, 6.07) is 6.93. The molecular weight excluding hydrogens is 326 g/mol. The summed E-state index contributed by atoms with van der Waals surface area (Å²) < 4.78 is 7.31. The van der Waals surface area contributed by atoms with E-state index in [1.54, 1.807) is 29.1 Å². The monoisotopic (exact) mass is 341 g/mol. The van der Waals surface area contributed by atoms with Gasteiger partial charge < -0.3 is 14.3 Å². The number of ketones is 1. The van der Waals surface area contributed by atoms with Crippen LogP contribution in [0.5, 0.6) is 0 Å². The third-order valence-electron chi connectivity index (χ3n) is 4.07. The zero-order chi connectivity index (χ0) is 16.7. The van der Waals surface area contributed by atoms with Crippen molar-refractivity contribution in [3.05, 3.63) is 48.1 Å². The molecule has 0 saturated heterocycles. The van der Waals surface area contributed by atoms with Gasteiger partial charge >= 0.3 is 0 Å². The molecule has 1 N–H and O–H groups in total. The molecule has 0 aliphatic carbocycles. The minimum atomic E-state index is -0.383. The second-order valence-electron chi connectivity index (χ2n) is 5.71. The van der Waals surface area contributed by atoms with E-state index >= 15 is 0 Å². The number of carbonyl (C=O) groups excluding carboxylic acids is 2. The van der Waals surface area contributed by atoms with Crippen LogP contribution >= 0.6 is 11.3 Å². The van der Waals surface area contributed by atoms with Crippen LogP contribution in [0.25, 0.3) is 10.6 Å². The van der Waals surface area contributed by atoms with Crippen molar-refractivity contribution in [2.45, 2.75) is 25.8 Å². The summed E-state index contributed by atoms with van der Waals surface area (Å²) in [7, 11) is 0. The molecule has 0 fully saturated rings. The van der Waals surface area contributed by atoms with Gasteiger partial charge in [-0.25, -0.2) is 4.98 Å². The number of aromatic nitrogens is 2. The molecule has 7 heteroatoms. The van der Waals surface area contributed by atoms with E-state index < -0.39 is 0 Å². The van der Waals surface area contributed by atoms with E-state index in [1.807, 2.05) is 19.1 Å². The molecule has 0 radical (unpaired) electrons. The number of fused-ring (bicyclic) bond motifs is 1. The Morgan fingerprint density at radius 3 is 3.08 bits per heavy atom. The normalized spacial score (nSPS) is 16.9. The Morgan fingerprint density at radius 2 is 2.29 bits per heavy atom. The van der Waals surface area contributed by atoms with Gasteiger partial charge in [0, 0.05) is 12.6 Å². The van der Waals surface area contributed by atoms with E-state index in [0.717, 1.165) is 16.4 Å². The summed E-state index contributed by atoms with van der Waals surface area (Å²) in [5, 5.41) is 3.37. The van der Waals surface area contributed by atoms with Crippen LogP contribution in [0.1, 0.15) is 35.1 Å². The zero-order valence-electron chi connectivity index (χ0n) is 13.0. The molecule has 0 spiro atoms. The van der Waals surface area contributed by atoms with Crippen molar-refractivity contribution in [3.8, 4) is 10.6 Å². The molecule has 1 amide bonds. The summed E-state index contributed by atoms with van der Waals surface area (Å²) in [6.45, 7) is 1.88. The number of furan rings is 1. The van der Waals surface area contributed by atoms with Crippen LogP contribution in [0, 0.1) is 6.92 Å². The lowest BCUT2D eigenvalue weighted by molar-refractivity contribution is -0.119. The molecule has 24 heavy (non-hydrogen) atoms. The van der Waals surface area contributed by atoms with Gasteiger partial charge in [-0.1, -0.05) is 11.3 Å². The Hall–Kier alpha value is -2.67. The highest BCUT2D eigenvalue weighted by Gasteiger charge is 2.29. The van der Waals surface area contributed by atoms with Gasteiger partial charge in [-0.3, -0.25) is 9.59 Å². The molecule has 1 unspecified atom stereocenters. The van der Waals surface area contributed by atoms with Gasteiger partial charge in [0.25, 0.3) is 0 Å². The van der Waals surface area contributed by atoms with Crippen LogP contribution in [0.4, 0.5) is 5.13 Å². The number of aryl methyl sites for hydroxylation is 1. The molecule has 0 saturated carbocycles. The molecular formula is C17H15N3O3S. The number of Topliss-reactive ketones (excluding diaryl/α,β-unsaturated/α-hetero) is 1. The SMILES string of the molecule is Cc1ccc(-c2cnc(NC(=O)C3CCC(=O)c4cccn43)s2)o1. The van der Waals surface area contributed by atoms with Crippen molar-refractivity contribution in [2.24, 2.45) is 0 Å². The zero-order valence-corrected chi connectivity index (χ0v) is 13.8. The number of carbonyl (C=O) groups is 2. The van der Waals surface area contributed by atoms with Crippen molar-refractivity contribution < 1.29 is 14.0 Å². The number of thiazole rings is 1. The van der Waals surface area contributed by atoms with Gasteiger partial charge in [0.15, 0.2) is 10.9 Å². The number of amides is 1. The highest BCUT2D eigenvalue weighted by atomic mass is 32.1. The lowest BCUT2D eigenvalue weighted by Gasteiger charge is -2.24. The molecule has 1 aliphatic rings. The lowest BCUT2D eigenvalue weighted by atomic mass is 10.0. The number of rotatable bonds is 3. The maximum absolute atomic E-state index is 12.6. The molecule has 6 nitrogen and oxygen atoms in total. The first-order valence-electron chi connectivity index (χ1n) is 7.65. The molecule has 122 valence electrons. The van der Waals surface area contributed by atoms with E-state index in [0.29, 0.717) is 23.7 Å². The largest absolute Gasteiger partial charge is 0.460 e. The Kier molecular flexibility index (Phi) is 3.57. The first kappa shape index (κ1) is 14.9. The predicted molar refractivity (Wildman–Crippen MR) is 90.2 cm³/mol. The first-order valence-corrected chi connectivity index (χ1v) is 8.47. The van der Waals surface area contributed by atoms with Gasteiger partial charge in [-0.15, -0.1) is 0 Å². The molecule has 3 aromatic heterocycles. The number of nitrogens with one attached hydrogen (secondary N) is 1. The minimum absolute atomic E-state index is 0.0776. The number of hydrogen-bond donors (Lipinski definition) is 1. The number of nitrogens with zero attached hydrogens (tertiary/aromatic N) is 2. The van der Waals surface area contributed by atoms with Gasteiger partial charge in [0.2, 0.25) is 5.91 Å². The van der Waals surface area contributed by atoms with Crippen molar-refractivity contribution in [3.63, 3.8) is 0 Å². The van der Waals surface area contributed by atoms with Crippen LogP contribution < -0.4 is 5.32 Å². The minimum Gasteiger partial charge on any atom is -0.460 e. The molecule has 1 aliphatic heterocycles. The van der Waals surface area contributed by atoms with E-state index in [1.165, 1.54) is 11.3 Å². The highest BCUT2D eigenvalue weighted by molar-refractivity contribution is 7.19. The number of hydrogen-bond acceptors (Lipinski definition) is 5. The molecule has 4 heterocycles. The fourth-order valence-electron chi connectivity index (χ4n) is 2.90. The molecule has 0 bridgehead atoms. The number of anilines is 1. The Morgan fingerprint density at radius 1 is 1.42 bits per heavy atom. The van der Waals surface area contributed by atoms with Crippen LogP contribution in [0.15, 0.2) is 41.1 Å². The third-order valence-corrected chi connectivity index (χ3v) is 4.99.